The molecule has 0 aliphatic carbocycles. The third-order valence-electron chi connectivity index (χ3n) is 4.83. The second kappa shape index (κ2) is 10.1. The summed E-state index contributed by atoms with van der Waals surface area (Å²) in [4.78, 5) is 24.0. The van der Waals surface area contributed by atoms with Crippen molar-refractivity contribution < 1.29 is 4.79 Å². The molecule has 7 heteroatoms. The van der Waals surface area contributed by atoms with Crippen LogP contribution in [-0.4, -0.2) is 97.0 Å². The first-order valence-electron chi connectivity index (χ1n) is 9.22. The molecule has 0 aromatic heterocycles. The van der Waals surface area contributed by atoms with E-state index in [9.17, 15) is 4.79 Å². The van der Waals surface area contributed by atoms with E-state index in [1.807, 2.05) is 16.7 Å². The van der Waals surface area contributed by atoms with Crippen LogP contribution in [0.3, 0.4) is 0 Å². The van der Waals surface area contributed by atoms with Crippen molar-refractivity contribution in [2.75, 3.05) is 64.4 Å². The quantitative estimate of drug-likeness (QED) is 0.437. The van der Waals surface area contributed by atoms with E-state index in [1.165, 1.54) is 0 Å². The number of rotatable bonds is 6. The maximum absolute atomic E-state index is 12.6. The molecule has 2 rings (SSSR count). The summed E-state index contributed by atoms with van der Waals surface area (Å²) in [6, 6.07) is 0.00117. The zero-order chi connectivity index (χ0) is 17.4. The maximum Gasteiger partial charge on any atom is 0.239 e. The van der Waals surface area contributed by atoms with Crippen LogP contribution in [0.4, 0.5) is 0 Å². The van der Waals surface area contributed by atoms with Crippen molar-refractivity contribution in [3.05, 3.63) is 0 Å². The van der Waals surface area contributed by atoms with Crippen LogP contribution in [-0.2, 0) is 4.79 Å². The van der Waals surface area contributed by atoms with E-state index in [0.29, 0.717) is 5.91 Å². The monoisotopic (exact) mass is 355 g/mol. The number of carbonyl (C=O) groups excluding carboxylic acids is 1. The molecule has 1 N–H and O–H groups in total. The summed E-state index contributed by atoms with van der Waals surface area (Å²) in [5.41, 5.74) is 0. The van der Waals surface area contributed by atoms with Crippen LogP contribution in [0.2, 0.25) is 0 Å². The standard InChI is InChI=1S/C17H33N5OS/c1-4-18-17(19-7-14-24-3)22-12-10-20(11-13-22)15(2)16(23)21-8-5-6-9-21/h15H,4-14H2,1-3H3,(H,18,19). The van der Waals surface area contributed by atoms with Gasteiger partial charge < -0.3 is 15.1 Å². The average molecular weight is 356 g/mol. The Morgan fingerprint density at radius 1 is 1.12 bits per heavy atom. The summed E-state index contributed by atoms with van der Waals surface area (Å²) in [6.07, 6.45) is 4.43. The van der Waals surface area contributed by atoms with Gasteiger partial charge in [0.25, 0.3) is 0 Å². The Morgan fingerprint density at radius 3 is 2.38 bits per heavy atom. The molecule has 1 unspecified atom stereocenters. The van der Waals surface area contributed by atoms with Gasteiger partial charge in [-0.1, -0.05) is 0 Å². The molecule has 0 aromatic rings. The number of amides is 1. The van der Waals surface area contributed by atoms with Crippen LogP contribution in [0.1, 0.15) is 26.7 Å². The molecular formula is C17H33N5OS. The minimum absolute atomic E-state index is 0.00117. The molecule has 24 heavy (non-hydrogen) atoms. The third kappa shape index (κ3) is 5.28. The summed E-state index contributed by atoms with van der Waals surface area (Å²) in [5, 5.41) is 3.40. The Morgan fingerprint density at radius 2 is 1.79 bits per heavy atom. The van der Waals surface area contributed by atoms with Crippen molar-refractivity contribution in [3.8, 4) is 0 Å². The topological polar surface area (TPSA) is 51.2 Å². The SMILES string of the molecule is CCNC(=NCCSC)N1CCN(C(C)C(=O)N2CCCC2)CC1. The lowest BCUT2D eigenvalue weighted by Gasteiger charge is -2.39. The highest BCUT2D eigenvalue weighted by atomic mass is 32.2. The van der Waals surface area contributed by atoms with E-state index >= 15 is 0 Å². The number of carbonyl (C=O) groups is 1. The van der Waals surface area contributed by atoms with Gasteiger partial charge in [-0.2, -0.15) is 11.8 Å². The predicted molar refractivity (Wildman–Crippen MR) is 103 cm³/mol. The lowest BCUT2D eigenvalue weighted by atomic mass is 10.2. The van der Waals surface area contributed by atoms with E-state index in [0.717, 1.165) is 76.9 Å². The van der Waals surface area contributed by atoms with Crippen molar-refractivity contribution in [1.82, 2.24) is 20.0 Å². The largest absolute Gasteiger partial charge is 0.357 e. The van der Waals surface area contributed by atoms with Gasteiger partial charge in [0.2, 0.25) is 5.91 Å². The zero-order valence-corrected chi connectivity index (χ0v) is 16.3. The van der Waals surface area contributed by atoms with Gasteiger partial charge in [-0.25, -0.2) is 0 Å². The highest BCUT2D eigenvalue weighted by Gasteiger charge is 2.30. The molecule has 2 aliphatic rings. The lowest BCUT2D eigenvalue weighted by molar-refractivity contribution is -0.135. The fourth-order valence-corrected chi connectivity index (χ4v) is 3.62. The molecule has 2 aliphatic heterocycles. The number of aliphatic imine (C=N–C) groups is 1. The number of piperazine rings is 1. The average Bonchev–Trinajstić information content (AvgIpc) is 3.15. The van der Waals surface area contributed by atoms with Gasteiger partial charge in [0, 0.05) is 51.6 Å². The van der Waals surface area contributed by atoms with E-state index in [2.05, 4.69) is 35.2 Å². The summed E-state index contributed by atoms with van der Waals surface area (Å²) in [5.74, 6) is 2.38. The second-order valence-corrected chi connectivity index (χ2v) is 7.45. The van der Waals surface area contributed by atoms with Crippen molar-refractivity contribution in [1.29, 1.82) is 0 Å². The molecule has 2 fully saturated rings. The third-order valence-corrected chi connectivity index (χ3v) is 5.42. The smallest absolute Gasteiger partial charge is 0.239 e. The van der Waals surface area contributed by atoms with Crippen LogP contribution >= 0.6 is 11.8 Å². The molecule has 6 nitrogen and oxygen atoms in total. The van der Waals surface area contributed by atoms with Gasteiger partial charge in [-0.3, -0.25) is 14.7 Å². The molecule has 2 heterocycles. The van der Waals surface area contributed by atoms with Crippen molar-refractivity contribution in [2.24, 2.45) is 4.99 Å². The molecular weight excluding hydrogens is 322 g/mol. The Balaban J connectivity index is 1.84. The summed E-state index contributed by atoms with van der Waals surface area (Å²) in [7, 11) is 0. The highest BCUT2D eigenvalue weighted by molar-refractivity contribution is 7.98. The normalized spacial score (nSPS) is 21.2. The molecule has 2 saturated heterocycles. The number of nitrogens with zero attached hydrogens (tertiary/aromatic N) is 4. The minimum atomic E-state index is 0.00117. The molecule has 0 aromatic carbocycles. The zero-order valence-electron chi connectivity index (χ0n) is 15.5. The first-order valence-corrected chi connectivity index (χ1v) is 10.6. The van der Waals surface area contributed by atoms with Crippen molar-refractivity contribution in [3.63, 3.8) is 0 Å². The fraction of sp³-hybridized carbons (Fsp3) is 0.882. The van der Waals surface area contributed by atoms with Gasteiger partial charge in [0.1, 0.15) is 0 Å². The van der Waals surface area contributed by atoms with Gasteiger partial charge in [0.05, 0.1) is 12.6 Å². The van der Waals surface area contributed by atoms with Crippen LogP contribution < -0.4 is 5.32 Å². The van der Waals surface area contributed by atoms with Gasteiger partial charge in [-0.15, -0.1) is 0 Å². The number of guanidine groups is 1. The first kappa shape index (κ1) is 19.4. The molecule has 0 saturated carbocycles. The Labute approximate surface area is 151 Å². The molecule has 0 bridgehead atoms. The first-order chi connectivity index (χ1) is 11.7. The van der Waals surface area contributed by atoms with Crippen LogP contribution in [0.25, 0.3) is 0 Å². The Hall–Kier alpha value is -0.950. The molecule has 0 radical (unpaired) electrons. The number of nitrogens with one attached hydrogen (secondary N) is 1. The number of hydrogen-bond acceptors (Lipinski definition) is 4. The summed E-state index contributed by atoms with van der Waals surface area (Å²) >= 11 is 1.82. The van der Waals surface area contributed by atoms with Crippen molar-refractivity contribution in [2.45, 2.75) is 32.7 Å². The summed E-state index contributed by atoms with van der Waals surface area (Å²) < 4.78 is 0. The predicted octanol–water partition coefficient (Wildman–Crippen LogP) is 0.943. The van der Waals surface area contributed by atoms with E-state index < -0.39 is 0 Å². The van der Waals surface area contributed by atoms with Crippen LogP contribution in [0.15, 0.2) is 4.99 Å². The van der Waals surface area contributed by atoms with Gasteiger partial charge in [-0.05, 0) is 32.9 Å². The Kier molecular flexibility index (Phi) is 8.18. The van der Waals surface area contributed by atoms with Crippen LogP contribution in [0, 0.1) is 0 Å². The van der Waals surface area contributed by atoms with E-state index in [4.69, 9.17) is 4.99 Å². The van der Waals surface area contributed by atoms with E-state index in [-0.39, 0.29) is 6.04 Å². The molecule has 0 spiro atoms. The summed E-state index contributed by atoms with van der Waals surface area (Å²) in [6.45, 7) is 11.5. The number of likely N-dealkylation sites (tertiary alicyclic amines) is 1. The van der Waals surface area contributed by atoms with Crippen molar-refractivity contribution >= 4 is 23.6 Å². The molecule has 1 amide bonds. The minimum Gasteiger partial charge on any atom is -0.357 e. The Bertz CT molecular complexity index is 417. The van der Waals surface area contributed by atoms with Gasteiger partial charge in [0.15, 0.2) is 5.96 Å². The maximum atomic E-state index is 12.6. The van der Waals surface area contributed by atoms with Gasteiger partial charge >= 0.3 is 0 Å². The number of thioether (sulfide) groups is 1. The molecule has 138 valence electrons. The van der Waals surface area contributed by atoms with E-state index in [1.54, 1.807) is 0 Å². The van der Waals surface area contributed by atoms with Crippen LogP contribution in [0.5, 0.6) is 0 Å². The highest BCUT2D eigenvalue weighted by Crippen LogP contribution is 2.14. The number of hydrogen-bond donors (Lipinski definition) is 1. The fourth-order valence-electron chi connectivity index (χ4n) is 3.35. The second-order valence-electron chi connectivity index (χ2n) is 6.46. The lowest BCUT2D eigenvalue weighted by Crippen LogP contribution is -2.57. The molecule has 1 atom stereocenters.